The van der Waals surface area contributed by atoms with Gasteiger partial charge in [0.1, 0.15) is 17.3 Å². The number of ether oxygens (including phenoxy) is 1. The van der Waals surface area contributed by atoms with Gasteiger partial charge in [0, 0.05) is 22.5 Å². The molecular weight excluding hydrogens is 530 g/mol. The third kappa shape index (κ3) is 3.08. The normalized spacial score (nSPS) is 25.4. The van der Waals surface area contributed by atoms with Gasteiger partial charge in [-0.3, -0.25) is 9.59 Å². The highest BCUT2D eigenvalue weighted by Gasteiger charge is 2.72. The standard InChI is InChI=1S/C30H20BrN3O3/c31-20-11-12-23-22(13-20)30(28(36)34-23)27-24(35)15-25(19-9-5-2-6-10-19)37-26(27)14-21(29(30,16-32)17-33)18-7-3-1-4-8-18/h1-13,21,25H,14-15H2,(H,34,36)/t21-,25+,30-/m1/s1. The highest BCUT2D eigenvalue weighted by atomic mass is 79.9. The van der Waals surface area contributed by atoms with Gasteiger partial charge in [-0.1, -0.05) is 76.6 Å². The fraction of sp³-hybridized carbons (Fsp3) is 0.200. The van der Waals surface area contributed by atoms with Crippen molar-refractivity contribution in [3.63, 3.8) is 0 Å². The van der Waals surface area contributed by atoms with Crippen molar-refractivity contribution in [2.24, 2.45) is 5.41 Å². The summed E-state index contributed by atoms with van der Waals surface area (Å²) < 4.78 is 7.18. The van der Waals surface area contributed by atoms with E-state index in [4.69, 9.17) is 4.74 Å². The lowest BCUT2D eigenvalue weighted by molar-refractivity contribution is -0.129. The zero-order chi connectivity index (χ0) is 25.8. The zero-order valence-electron chi connectivity index (χ0n) is 19.6. The molecule has 0 fully saturated rings. The van der Waals surface area contributed by atoms with Crippen LogP contribution in [0.4, 0.5) is 5.69 Å². The smallest absolute Gasteiger partial charge is 0.242 e. The first kappa shape index (κ1) is 23.2. The first-order chi connectivity index (χ1) is 18.0. The van der Waals surface area contributed by atoms with Crippen molar-refractivity contribution >= 4 is 33.3 Å². The summed E-state index contributed by atoms with van der Waals surface area (Å²) in [4.78, 5) is 28.1. The molecule has 180 valence electrons. The molecule has 3 atom stereocenters. The van der Waals surface area contributed by atoms with E-state index in [1.54, 1.807) is 18.2 Å². The highest BCUT2D eigenvalue weighted by Crippen LogP contribution is 2.65. The fourth-order valence-electron chi connectivity index (χ4n) is 6.23. The van der Waals surface area contributed by atoms with Crippen molar-refractivity contribution in [3.05, 3.63) is 111 Å². The Morgan fingerprint density at radius 2 is 1.54 bits per heavy atom. The molecule has 1 amide bonds. The monoisotopic (exact) mass is 549 g/mol. The molecule has 6 rings (SSSR count). The second kappa shape index (κ2) is 8.44. The van der Waals surface area contributed by atoms with Crippen molar-refractivity contribution in [2.75, 3.05) is 5.32 Å². The molecule has 1 spiro atoms. The van der Waals surface area contributed by atoms with E-state index in [1.807, 2.05) is 60.7 Å². The number of nitrogens with one attached hydrogen (secondary N) is 1. The molecule has 2 heterocycles. The molecule has 0 aromatic heterocycles. The number of rotatable bonds is 2. The minimum atomic E-state index is -1.90. The van der Waals surface area contributed by atoms with Crippen molar-refractivity contribution in [2.45, 2.75) is 30.3 Å². The molecule has 3 aromatic carbocycles. The molecule has 6 nitrogen and oxygen atoms in total. The van der Waals surface area contributed by atoms with E-state index >= 15 is 0 Å². The molecule has 1 aliphatic carbocycles. The maximum atomic E-state index is 14.1. The summed E-state index contributed by atoms with van der Waals surface area (Å²) in [5.74, 6) is -1.21. The zero-order valence-corrected chi connectivity index (χ0v) is 21.2. The highest BCUT2D eigenvalue weighted by molar-refractivity contribution is 9.10. The van der Waals surface area contributed by atoms with Crippen LogP contribution >= 0.6 is 15.9 Å². The summed E-state index contributed by atoms with van der Waals surface area (Å²) >= 11 is 3.48. The van der Waals surface area contributed by atoms with Crippen LogP contribution in [0.1, 0.15) is 41.6 Å². The number of hydrogen-bond donors (Lipinski definition) is 1. The van der Waals surface area contributed by atoms with Gasteiger partial charge < -0.3 is 10.1 Å². The third-order valence-corrected chi connectivity index (χ3v) is 8.29. The Kier molecular flexibility index (Phi) is 5.29. The number of carbonyl (C=O) groups excluding carboxylic acids is 2. The number of halogens is 1. The number of nitriles is 2. The minimum Gasteiger partial charge on any atom is -0.489 e. The van der Waals surface area contributed by atoms with Crippen LogP contribution in [-0.4, -0.2) is 11.7 Å². The molecule has 3 aromatic rings. The number of fused-ring (bicyclic) bond motifs is 3. The Bertz CT molecular complexity index is 1560. The number of hydrogen-bond acceptors (Lipinski definition) is 5. The van der Waals surface area contributed by atoms with Gasteiger partial charge in [-0.15, -0.1) is 0 Å². The fourth-order valence-corrected chi connectivity index (χ4v) is 6.59. The van der Waals surface area contributed by atoms with Crippen LogP contribution < -0.4 is 5.32 Å². The quantitative estimate of drug-likeness (QED) is 0.432. The predicted octanol–water partition coefficient (Wildman–Crippen LogP) is 5.84. The van der Waals surface area contributed by atoms with E-state index in [0.717, 1.165) is 11.1 Å². The summed E-state index contributed by atoms with van der Waals surface area (Å²) in [7, 11) is 0. The number of carbonyl (C=O) groups is 2. The number of anilines is 1. The molecular formula is C30H20BrN3O3. The second-order valence-electron chi connectivity index (χ2n) is 9.54. The number of allylic oxidation sites excluding steroid dienone is 1. The van der Waals surface area contributed by atoms with Gasteiger partial charge in [0.05, 0.1) is 24.1 Å². The summed E-state index contributed by atoms with van der Waals surface area (Å²) in [6.07, 6.45) is -0.373. The van der Waals surface area contributed by atoms with Crippen LogP contribution in [0, 0.1) is 28.1 Å². The van der Waals surface area contributed by atoms with Gasteiger partial charge in [0.2, 0.25) is 5.91 Å². The SMILES string of the molecule is N#CC1(C#N)[C@@H](c2ccccc2)CC2=C(C(=O)C[C@@H](c3ccccc3)O2)[C@]12C(=O)Nc1ccc(Br)cc12. The van der Waals surface area contributed by atoms with Gasteiger partial charge in [-0.2, -0.15) is 10.5 Å². The van der Waals surface area contributed by atoms with Gasteiger partial charge in [-0.05, 0) is 34.9 Å². The van der Waals surface area contributed by atoms with Crippen molar-refractivity contribution < 1.29 is 14.3 Å². The average molecular weight is 550 g/mol. The molecule has 37 heavy (non-hydrogen) atoms. The molecule has 0 unspecified atom stereocenters. The molecule has 2 aliphatic heterocycles. The first-order valence-electron chi connectivity index (χ1n) is 11.9. The summed E-state index contributed by atoms with van der Waals surface area (Å²) in [6, 6.07) is 28.4. The molecule has 7 heteroatoms. The number of Topliss-reactive ketones (excluding diaryl/α,β-unsaturated/α-hetero) is 1. The Morgan fingerprint density at radius 1 is 0.892 bits per heavy atom. The van der Waals surface area contributed by atoms with E-state index in [-0.39, 0.29) is 24.2 Å². The number of ketones is 1. The number of amides is 1. The largest absolute Gasteiger partial charge is 0.489 e. The van der Waals surface area contributed by atoms with E-state index < -0.39 is 28.8 Å². The van der Waals surface area contributed by atoms with Gasteiger partial charge in [0.15, 0.2) is 11.2 Å². The van der Waals surface area contributed by atoms with E-state index in [0.29, 0.717) is 21.5 Å². The number of benzene rings is 3. The van der Waals surface area contributed by atoms with Crippen molar-refractivity contribution in [3.8, 4) is 12.1 Å². The molecule has 0 bridgehead atoms. The topological polar surface area (TPSA) is 103 Å². The third-order valence-electron chi connectivity index (χ3n) is 7.79. The lowest BCUT2D eigenvalue weighted by atomic mass is 9.47. The molecule has 1 N–H and O–H groups in total. The number of nitrogens with zero attached hydrogens (tertiary/aromatic N) is 2. The van der Waals surface area contributed by atoms with Gasteiger partial charge in [-0.25, -0.2) is 0 Å². The van der Waals surface area contributed by atoms with Crippen LogP contribution in [0.3, 0.4) is 0 Å². The molecule has 0 saturated heterocycles. The Balaban J connectivity index is 1.68. The lowest BCUT2D eigenvalue weighted by Crippen LogP contribution is -2.58. The van der Waals surface area contributed by atoms with E-state index in [1.165, 1.54) is 0 Å². The van der Waals surface area contributed by atoms with Crippen LogP contribution in [-0.2, 0) is 19.7 Å². The first-order valence-corrected chi connectivity index (χ1v) is 12.7. The maximum Gasteiger partial charge on any atom is 0.242 e. The van der Waals surface area contributed by atoms with E-state index in [9.17, 15) is 20.1 Å². The second-order valence-corrected chi connectivity index (χ2v) is 10.5. The van der Waals surface area contributed by atoms with E-state index in [2.05, 4.69) is 33.4 Å². The van der Waals surface area contributed by atoms with Gasteiger partial charge >= 0.3 is 0 Å². The molecule has 0 saturated carbocycles. The predicted molar refractivity (Wildman–Crippen MR) is 139 cm³/mol. The lowest BCUT2D eigenvalue weighted by Gasteiger charge is -2.49. The van der Waals surface area contributed by atoms with Crippen LogP contribution in [0.25, 0.3) is 0 Å². The minimum absolute atomic E-state index is 0.00412. The Hall–Kier alpha value is -4.20. The van der Waals surface area contributed by atoms with Crippen LogP contribution in [0.2, 0.25) is 0 Å². The summed E-state index contributed by atoms with van der Waals surface area (Å²) in [5, 5.41) is 24.4. The average Bonchev–Trinajstić information content (AvgIpc) is 3.21. The Labute approximate surface area is 222 Å². The maximum absolute atomic E-state index is 14.1. The summed E-state index contributed by atoms with van der Waals surface area (Å²) in [6.45, 7) is 0. The Morgan fingerprint density at radius 3 is 2.19 bits per heavy atom. The van der Waals surface area contributed by atoms with Crippen LogP contribution in [0.5, 0.6) is 0 Å². The van der Waals surface area contributed by atoms with Gasteiger partial charge in [0.25, 0.3) is 0 Å². The van der Waals surface area contributed by atoms with Crippen LogP contribution in [0.15, 0.2) is 94.7 Å². The van der Waals surface area contributed by atoms with Crippen molar-refractivity contribution in [1.82, 2.24) is 0 Å². The van der Waals surface area contributed by atoms with Crippen molar-refractivity contribution in [1.29, 1.82) is 10.5 Å². The summed E-state index contributed by atoms with van der Waals surface area (Å²) in [5.41, 5.74) is -1.16. The molecule has 0 radical (unpaired) electrons. The molecule has 3 aliphatic rings.